The van der Waals surface area contributed by atoms with Crippen LogP contribution in [0.3, 0.4) is 0 Å². The smallest absolute Gasteiger partial charge is 0.160 e. The van der Waals surface area contributed by atoms with Crippen LogP contribution >= 0.6 is 0 Å². The van der Waals surface area contributed by atoms with Crippen LogP contribution in [0.15, 0.2) is 186 Å². The number of nitrogens with zero attached hydrogens (tertiary/aromatic N) is 2. The molecule has 0 unspecified atom stereocenters. The van der Waals surface area contributed by atoms with E-state index in [1.165, 1.54) is 0 Å². The lowest BCUT2D eigenvalue weighted by molar-refractivity contribution is 0.669. The van der Waals surface area contributed by atoms with E-state index < -0.39 is 0 Å². The quantitative estimate of drug-likeness (QED) is 0.184. The van der Waals surface area contributed by atoms with Gasteiger partial charge in [-0.05, 0) is 69.8 Å². The highest BCUT2D eigenvalue weighted by Gasteiger charge is 2.21. The standard InChI is InChI=1S/C46H30N2O/c1-5-15-31(16-6-1)36-28-38(35-25-26-44-39(27-35)37-23-13-14-24-43(37)49-44)45(33-19-9-3-10-20-33)40(29-36)42-30-41(32-17-7-2-8-18-32)47-46(48-42)34-21-11-4-12-22-34/h1-30H. The van der Waals surface area contributed by atoms with Crippen molar-refractivity contribution >= 4 is 21.9 Å². The molecular formula is C46H30N2O. The Kier molecular flexibility index (Phi) is 7.14. The van der Waals surface area contributed by atoms with Gasteiger partial charge in [-0.25, -0.2) is 9.97 Å². The van der Waals surface area contributed by atoms with Gasteiger partial charge in [-0.1, -0.05) is 146 Å². The average molecular weight is 627 g/mol. The molecule has 0 aliphatic carbocycles. The minimum absolute atomic E-state index is 0.689. The lowest BCUT2D eigenvalue weighted by Crippen LogP contribution is -1.99. The van der Waals surface area contributed by atoms with Crippen molar-refractivity contribution in [2.75, 3.05) is 0 Å². The molecule has 2 aromatic heterocycles. The third-order valence-corrected chi connectivity index (χ3v) is 9.10. The van der Waals surface area contributed by atoms with Crippen molar-refractivity contribution in [3.05, 3.63) is 182 Å². The highest BCUT2D eigenvalue weighted by Crippen LogP contribution is 2.45. The summed E-state index contributed by atoms with van der Waals surface area (Å²) < 4.78 is 6.24. The minimum atomic E-state index is 0.689. The molecule has 3 nitrogen and oxygen atoms in total. The molecule has 0 saturated carbocycles. The van der Waals surface area contributed by atoms with E-state index in [-0.39, 0.29) is 0 Å². The van der Waals surface area contributed by atoms with Gasteiger partial charge in [-0.3, -0.25) is 0 Å². The molecule has 0 aliphatic heterocycles. The van der Waals surface area contributed by atoms with E-state index >= 15 is 0 Å². The number of hydrogen-bond acceptors (Lipinski definition) is 3. The fraction of sp³-hybridized carbons (Fsp3) is 0. The molecule has 0 bridgehead atoms. The fourth-order valence-electron chi connectivity index (χ4n) is 6.74. The molecule has 3 heteroatoms. The number of benzene rings is 7. The monoisotopic (exact) mass is 626 g/mol. The van der Waals surface area contributed by atoms with Crippen molar-refractivity contribution in [2.45, 2.75) is 0 Å². The zero-order valence-corrected chi connectivity index (χ0v) is 26.6. The number of furan rings is 1. The Balaban J connectivity index is 1.38. The van der Waals surface area contributed by atoms with Gasteiger partial charge >= 0.3 is 0 Å². The Bertz CT molecular complexity index is 2520. The van der Waals surface area contributed by atoms with Gasteiger partial charge in [0, 0.05) is 27.5 Å². The van der Waals surface area contributed by atoms with Crippen LogP contribution in [-0.2, 0) is 0 Å². The van der Waals surface area contributed by atoms with Crippen LogP contribution in [0.25, 0.3) is 89.2 Å². The van der Waals surface area contributed by atoms with E-state index in [0.29, 0.717) is 5.82 Å². The zero-order valence-electron chi connectivity index (χ0n) is 26.6. The summed E-state index contributed by atoms with van der Waals surface area (Å²) in [7, 11) is 0. The van der Waals surface area contributed by atoms with Gasteiger partial charge in [-0.2, -0.15) is 0 Å². The Morgan fingerprint density at radius 1 is 0.327 bits per heavy atom. The van der Waals surface area contributed by atoms with Crippen LogP contribution in [0.5, 0.6) is 0 Å². The second kappa shape index (κ2) is 12.2. The van der Waals surface area contributed by atoms with Crippen molar-refractivity contribution < 1.29 is 4.42 Å². The van der Waals surface area contributed by atoms with Crippen LogP contribution in [-0.4, -0.2) is 9.97 Å². The van der Waals surface area contributed by atoms with Gasteiger partial charge < -0.3 is 4.42 Å². The van der Waals surface area contributed by atoms with Crippen molar-refractivity contribution in [1.29, 1.82) is 0 Å². The maximum atomic E-state index is 6.24. The SMILES string of the molecule is c1ccc(-c2cc(-c3ccc4oc5ccccc5c4c3)c(-c3ccccc3)c(-c3cc(-c4ccccc4)nc(-c4ccccc4)n3)c2)cc1. The van der Waals surface area contributed by atoms with Crippen molar-refractivity contribution in [3.63, 3.8) is 0 Å². The van der Waals surface area contributed by atoms with E-state index in [2.05, 4.69) is 146 Å². The summed E-state index contributed by atoms with van der Waals surface area (Å²) in [5.74, 6) is 0.689. The number of hydrogen-bond donors (Lipinski definition) is 0. The maximum Gasteiger partial charge on any atom is 0.160 e. The van der Waals surface area contributed by atoms with Crippen molar-refractivity contribution in [2.24, 2.45) is 0 Å². The Morgan fingerprint density at radius 2 is 0.878 bits per heavy atom. The molecule has 0 amide bonds. The molecule has 2 heterocycles. The van der Waals surface area contributed by atoms with E-state index in [4.69, 9.17) is 14.4 Å². The molecule has 230 valence electrons. The van der Waals surface area contributed by atoms with E-state index in [1.807, 2.05) is 36.4 Å². The summed E-state index contributed by atoms with van der Waals surface area (Å²) in [5.41, 5.74) is 13.3. The first kappa shape index (κ1) is 28.6. The maximum absolute atomic E-state index is 6.24. The number of aromatic nitrogens is 2. The highest BCUT2D eigenvalue weighted by molar-refractivity contribution is 6.07. The minimum Gasteiger partial charge on any atom is -0.456 e. The molecule has 0 aliphatic rings. The van der Waals surface area contributed by atoms with E-state index in [1.54, 1.807) is 0 Å². The van der Waals surface area contributed by atoms with Gasteiger partial charge in [-0.15, -0.1) is 0 Å². The number of fused-ring (bicyclic) bond motifs is 3. The first-order valence-corrected chi connectivity index (χ1v) is 16.5. The van der Waals surface area contributed by atoms with Crippen LogP contribution in [0.4, 0.5) is 0 Å². The Labute approximate surface area is 284 Å². The van der Waals surface area contributed by atoms with Crippen molar-refractivity contribution in [1.82, 2.24) is 9.97 Å². The summed E-state index contributed by atoms with van der Waals surface area (Å²) in [6.45, 7) is 0. The second-order valence-corrected chi connectivity index (χ2v) is 12.2. The number of rotatable bonds is 6. The average Bonchev–Trinajstić information content (AvgIpc) is 3.56. The molecule has 0 N–H and O–H groups in total. The Morgan fingerprint density at radius 3 is 1.59 bits per heavy atom. The molecule has 0 radical (unpaired) electrons. The van der Waals surface area contributed by atoms with Crippen molar-refractivity contribution in [3.8, 4) is 67.3 Å². The van der Waals surface area contributed by atoms with E-state index in [0.717, 1.165) is 83.4 Å². The lowest BCUT2D eigenvalue weighted by atomic mass is 9.85. The topological polar surface area (TPSA) is 38.9 Å². The van der Waals surface area contributed by atoms with Gasteiger partial charge in [0.05, 0.1) is 11.4 Å². The molecule has 49 heavy (non-hydrogen) atoms. The van der Waals surface area contributed by atoms with Crippen LogP contribution in [0.1, 0.15) is 0 Å². The molecule has 0 saturated heterocycles. The molecule has 0 spiro atoms. The molecule has 9 aromatic rings. The van der Waals surface area contributed by atoms with Crippen LogP contribution in [0, 0.1) is 0 Å². The predicted molar refractivity (Wildman–Crippen MR) is 202 cm³/mol. The summed E-state index contributed by atoms with van der Waals surface area (Å²) in [6, 6.07) is 63.4. The molecule has 7 aromatic carbocycles. The van der Waals surface area contributed by atoms with Gasteiger partial charge in [0.1, 0.15) is 11.2 Å². The summed E-state index contributed by atoms with van der Waals surface area (Å²) in [4.78, 5) is 10.4. The summed E-state index contributed by atoms with van der Waals surface area (Å²) in [5, 5.41) is 2.20. The molecular weight excluding hydrogens is 597 g/mol. The van der Waals surface area contributed by atoms with Gasteiger partial charge in [0.25, 0.3) is 0 Å². The molecule has 9 rings (SSSR count). The Hall–Kier alpha value is -6.58. The first-order chi connectivity index (χ1) is 24.3. The first-order valence-electron chi connectivity index (χ1n) is 16.5. The zero-order chi connectivity index (χ0) is 32.6. The van der Waals surface area contributed by atoms with Gasteiger partial charge in [0.2, 0.25) is 0 Å². The summed E-state index contributed by atoms with van der Waals surface area (Å²) >= 11 is 0. The molecule has 0 fully saturated rings. The summed E-state index contributed by atoms with van der Waals surface area (Å²) in [6.07, 6.45) is 0. The van der Waals surface area contributed by atoms with E-state index in [9.17, 15) is 0 Å². The van der Waals surface area contributed by atoms with Crippen LogP contribution < -0.4 is 0 Å². The largest absolute Gasteiger partial charge is 0.456 e. The normalized spacial score (nSPS) is 11.3. The predicted octanol–water partition coefficient (Wildman–Crippen LogP) is 12.4. The molecule has 0 atom stereocenters. The van der Waals surface area contributed by atoms with Crippen LogP contribution in [0.2, 0.25) is 0 Å². The second-order valence-electron chi connectivity index (χ2n) is 12.2. The number of para-hydroxylation sites is 1. The third kappa shape index (κ3) is 5.38. The highest BCUT2D eigenvalue weighted by atomic mass is 16.3. The van der Waals surface area contributed by atoms with Gasteiger partial charge in [0.15, 0.2) is 5.82 Å². The fourth-order valence-corrected chi connectivity index (χ4v) is 6.74. The lowest BCUT2D eigenvalue weighted by Gasteiger charge is -2.19. The third-order valence-electron chi connectivity index (χ3n) is 9.10.